The van der Waals surface area contributed by atoms with E-state index < -0.39 is 0 Å². The Hall–Kier alpha value is -7.15. The zero-order valence-corrected chi connectivity index (χ0v) is 30.1. The van der Waals surface area contributed by atoms with Gasteiger partial charge in [0.25, 0.3) is 0 Å². The van der Waals surface area contributed by atoms with E-state index in [-0.39, 0.29) is 0 Å². The first-order valence-corrected chi connectivity index (χ1v) is 19.2. The highest BCUT2D eigenvalue weighted by atomic mass is 32.1. The topological polar surface area (TPSA) is 47.3 Å². The Balaban J connectivity index is 1.27. The number of aromatic nitrogens is 2. The average Bonchev–Trinajstić information content (AvgIpc) is 4.02. The molecule has 0 saturated heterocycles. The smallest absolute Gasteiger partial charge is 0.227 e. The molecule has 0 radical (unpaired) electrons. The Morgan fingerprint density at radius 2 is 1.13 bits per heavy atom. The van der Waals surface area contributed by atoms with Crippen LogP contribution in [0.2, 0.25) is 0 Å². The summed E-state index contributed by atoms with van der Waals surface area (Å²) in [6.45, 7) is 0. The van der Waals surface area contributed by atoms with Crippen molar-refractivity contribution >= 4 is 103 Å². The van der Waals surface area contributed by atoms with E-state index in [0.717, 1.165) is 77.6 Å². The molecule has 0 fully saturated rings. The van der Waals surface area contributed by atoms with E-state index in [1.807, 2.05) is 59.9 Å². The summed E-state index contributed by atoms with van der Waals surface area (Å²) in [6, 6.07) is 61.8. The molecule has 0 spiro atoms. The standard InChI is InChI=1S/C49H29N3O2S/c1-3-15-30(16-4-1)49-50-47-46-33-20-8-11-26-40(33)53-41(46)29-39(48(47)54-49)52(38-25-14-28-43-45(38)34-21-9-12-27-42(34)55-43)37-24-13-23-36-44(37)32-19-7-10-22-35(32)51(36)31-17-5-2-6-18-31/h1-29H. The second-order valence-corrected chi connectivity index (χ2v) is 15.0. The number of hydrogen-bond donors (Lipinski definition) is 0. The van der Waals surface area contributed by atoms with Gasteiger partial charge in [0.2, 0.25) is 5.89 Å². The van der Waals surface area contributed by atoms with Crippen LogP contribution in [0.25, 0.3) is 92.2 Å². The molecule has 0 unspecified atom stereocenters. The maximum Gasteiger partial charge on any atom is 0.227 e. The predicted octanol–water partition coefficient (Wildman–Crippen LogP) is 14.3. The van der Waals surface area contributed by atoms with Crippen LogP contribution < -0.4 is 4.90 Å². The first-order valence-electron chi connectivity index (χ1n) is 18.4. The van der Waals surface area contributed by atoms with Gasteiger partial charge in [-0.1, -0.05) is 103 Å². The minimum atomic E-state index is 0.563. The van der Waals surface area contributed by atoms with Gasteiger partial charge < -0.3 is 18.3 Å². The minimum absolute atomic E-state index is 0.563. The molecule has 5 nitrogen and oxygen atoms in total. The highest BCUT2D eigenvalue weighted by Crippen LogP contribution is 2.51. The molecule has 6 heteroatoms. The lowest BCUT2D eigenvalue weighted by molar-refractivity contribution is 0.620. The van der Waals surface area contributed by atoms with Crippen LogP contribution in [0.1, 0.15) is 0 Å². The molecule has 258 valence electrons. The van der Waals surface area contributed by atoms with Crippen molar-refractivity contribution in [3.8, 4) is 17.1 Å². The minimum Gasteiger partial charge on any atom is -0.456 e. The fourth-order valence-corrected chi connectivity index (χ4v) is 9.63. The molecule has 55 heavy (non-hydrogen) atoms. The number of furan rings is 1. The van der Waals surface area contributed by atoms with Gasteiger partial charge in [0.05, 0.1) is 33.5 Å². The molecule has 0 aliphatic heterocycles. The Morgan fingerprint density at radius 1 is 0.473 bits per heavy atom. The summed E-state index contributed by atoms with van der Waals surface area (Å²) >= 11 is 1.82. The molecular weight excluding hydrogens is 695 g/mol. The van der Waals surface area contributed by atoms with E-state index >= 15 is 0 Å². The van der Waals surface area contributed by atoms with Crippen molar-refractivity contribution < 1.29 is 8.83 Å². The van der Waals surface area contributed by atoms with Gasteiger partial charge in [0.1, 0.15) is 16.7 Å². The number of fused-ring (bicyclic) bond motifs is 11. The molecule has 0 bridgehead atoms. The van der Waals surface area contributed by atoms with Crippen molar-refractivity contribution in [3.63, 3.8) is 0 Å². The van der Waals surface area contributed by atoms with Crippen molar-refractivity contribution in [1.82, 2.24) is 9.55 Å². The van der Waals surface area contributed by atoms with Crippen LogP contribution in [-0.2, 0) is 0 Å². The number of nitrogens with zero attached hydrogens (tertiary/aromatic N) is 3. The monoisotopic (exact) mass is 723 g/mol. The summed E-state index contributed by atoms with van der Waals surface area (Å²) in [5.41, 5.74) is 10.2. The zero-order chi connectivity index (χ0) is 36.0. The Kier molecular flexibility index (Phi) is 6.44. The molecule has 4 heterocycles. The molecule has 12 aromatic rings. The van der Waals surface area contributed by atoms with E-state index in [4.69, 9.17) is 13.8 Å². The van der Waals surface area contributed by atoms with E-state index in [9.17, 15) is 0 Å². The number of para-hydroxylation sites is 3. The number of thiophene rings is 1. The van der Waals surface area contributed by atoms with Crippen LogP contribution >= 0.6 is 11.3 Å². The summed E-state index contributed by atoms with van der Waals surface area (Å²) in [4.78, 5) is 7.66. The normalized spacial score (nSPS) is 12.0. The molecule has 0 aliphatic carbocycles. The van der Waals surface area contributed by atoms with E-state index in [1.165, 1.54) is 20.2 Å². The maximum absolute atomic E-state index is 6.99. The Bertz CT molecular complexity index is 3450. The van der Waals surface area contributed by atoms with Gasteiger partial charge >= 0.3 is 0 Å². The molecule has 0 atom stereocenters. The highest BCUT2D eigenvalue weighted by molar-refractivity contribution is 7.26. The second-order valence-electron chi connectivity index (χ2n) is 13.9. The molecule has 0 N–H and O–H groups in total. The number of benzene rings is 8. The third-order valence-corrected chi connectivity index (χ3v) is 11.9. The van der Waals surface area contributed by atoms with Crippen LogP contribution in [0.5, 0.6) is 0 Å². The maximum atomic E-state index is 6.99. The van der Waals surface area contributed by atoms with E-state index in [2.05, 4.69) is 137 Å². The van der Waals surface area contributed by atoms with E-state index in [1.54, 1.807) is 0 Å². The lowest BCUT2D eigenvalue weighted by atomic mass is 10.0. The SMILES string of the molecule is c1ccc(-c2nc3c(o2)c(N(c2cccc4sc5ccccc5c24)c2cccc4c2c2ccccc2n4-c2ccccc2)cc2oc4ccccc4c23)cc1. The third-order valence-electron chi connectivity index (χ3n) is 10.8. The van der Waals surface area contributed by atoms with Gasteiger partial charge in [-0.05, 0) is 66.7 Å². The lowest BCUT2D eigenvalue weighted by Gasteiger charge is -2.27. The first kappa shape index (κ1) is 30.3. The van der Waals surface area contributed by atoms with E-state index in [0.29, 0.717) is 11.5 Å². The lowest BCUT2D eigenvalue weighted by Crippen LogP contribution is -2.11. The molecule has 12 rings (SSSR count). The van der Waals surface area contributed by atoms with Crippen LogP contribution in [0.4, 0.5) is 17.1 Å². The van der Waals surface area contributed by atoms with Gasteiger partial charge in [-0.15, -0.1) is 11.3 Å². The first-order chi connectivity index (χ1) is 27.3. The number of oxazole rings is 1. The molecule has 8 aromatic carbocycles. The van der Waals surface area contributed by atoms with Crippen LogP contribution in [0.3, 0.4) is 0 Å². The largest absolute Gasteiger partial charge is 0.456 e. The van der Waals surface area contributed by atoms with Crippen molar-refractivity contribution in [2.45, 2.75) is 0 Å². The zero-order valence-electron chi connectivity index (χ0n) is 29.3. The highest BCUT2D eigenvalue weighted by Gasteiger charge is 2.29. The molecule has 0 saturated carbocycles. The van der Waals surface area contributed by atoms with Crippen LogP contribution in [0, 0.1) is 0 Å². The quantitative estimate of drug-likeness (QED) is 0.177. The number of rotatable bonds is 5. The molecule has 0 aliphatic rings. The second kappa shape index (κ2) is 11.7. The van der Waals surface area contributed by atoms with Gasteiger partial charge in [-0.3, -0.25) is 0 Å². The third kappa shape index (κ3) is 4.43. The van der Waals surface area contributed by atoms with Crippen molar-refractivity contribution in [2.75, 3.05) is 4.90 Å². The summed E-state index contributed by atoms with van der Waals surface area (Å²) < 4.78 is 18.5. The van der Waals surface area contributed by atoms with Gasteiger partial charge in [-0.25, -0.2) is 4.98 Å². The summed E-state index contributed by atoms with van der Waals surface area (Å²) in [7, 11) is 0. The van der Waals surface area contributed by atoms with Crippen molar-refractivity contribution in [3.05, 3.63) is 176 Å². The van der Waals surface area contributed by atoms with Crippen molar-refractivity contribution in [2.24, 2.45) is 0 Å². The Morgan fingerprint density at radius 3 is 1.98 bits per heavy atom. The van der Waals surface area contributed by atoms with Gasteiger partial charge in [-0.2, -0.15) is 0 Å². The average molecular weight is 724 g/mol. The fraction of sp³-hybridized carbons (Fsp3) is 0. The van der Waals surface area contributed by atoms with Crippen LogP contribution in [-0.4, -0.2) is 9.55 Å². The molecular formula is C49H29N3O2S. The van der Waals surface area contributed by atoms with Gasteiger partial charge in [0, 0.05) is 53.6 Å². The summed E-state index contributed by atoms with van der Waals surface area (Å²) in [6.07, 6.45) is 0. The Labute approximate surface area is 318 Å². The summed E-state index contributed by atoms with van der Waals surface area (Å²) in [5, 5.41) is 6.65. The number of anilines is 3. The number of hydrogen-bond acceptors (Lipinski definition) is 5. The fourth-order valence-electron chi connectivity index (χ4n) is 8.51. The van der Waals surface area contributed by atoms with Crippen LogP contribution in [0.15, 0.2) is 185 Å². The van der Waals surface area contributed by atoms with Gasteiger partial charge in [0.15, 0.2) is 5.58 Å². The molecule has 0 amide bonds. The van der Waals surface area contributed by atoms with Crippen molar-refractivity contribution in [1.29, 1.82) is 0 Å². The predicted molar refractivity (Wildman–Crippen MR) is 229 cm³/mol. The summed E-state index contributed by atoms with van der Waals surface area (Å²) in [5.74, 6) is 0.563. The molecule has 4 aromatic heterocycles.